The SMILES string of the molecule is CN(Cc1ccc(F)cc1Cl)c1ccccc1C(=N)N. The van der Waals surface area contributed by atoms with E-state index >= 15 is 0 Å². The average molecular weight is 292 g/mol. The van der Waals surface area contributed by atoms with Crippen molar-refractivity contribution in [3.8, 4) is 0 Å². The van der Waals surface area contributed by atoms with Crippen molar-refractivity contribution in [2.75, 3.05) is 11.9 Å². The molecule has 2 aromatic rings. The highest BCUT2D eigenvalue weighted by Gasteiger charge is 2.11. The zero-order chi connectivity index (χ0) is 14.7. The molecule has 0 aromatic heterocycles. The maximum absolute atomic E-state index is 13.0. The van der Waals surface area contributed by atoms with E-state index < -0.39 is 0 Å². The van der Waals surface area contributed by atoms with Gasteiger partial charge in [-0.15, -0.1) is 0 Å². The van der Waals surface area contributed by atoms with E-state index in [9.17, 15) is 4.39 Å². The summed E-state index contributed by atoms with van der Waals surface area (Å²) < 4.78 is 13.0. The van der Waals surface area contributed by atoms with Crippen LogP contribution in [-0.2, 0) is 6.54 Å². The Labute approximate surface area is 122 Å². The molecule has 0 spiro atoms. The number of nitrogens with two attached hydrogens (primary N) is 1. The van der Waals surface area contributed by atoms with Crippen LogP contribution in [0.2, 0.25) is 5.02 Å². The molecule has 0 radical (unpaired) electrons. The van der Waals surface area contributed by atoms with Crippen LogP contribution >= 0.6 is 11.6 Å². The van der Waals surface area contributed by atoms with E-state index in [0.717, 1.165) is 11.3 Å². The van der Waals surface area contributed by atoms with Crippen molar-refractivity contribution in [2.45, 2.75) is 6.54 Å². The summed E-state index contributed by atoms with van der Waals surface area (Å²) in [6.07, 6.45) is 0. The predicted octanol–water partition coefficient (Wildman–Crippen LogP) is 3.40. The molecule has 0 heterocycles. The molecule has 0 aliphatic rings. The van der Waals surface area contributed by atoms with E-state index in [0.29, 0.717) is 17.1 Å². The lowest BCUT2D eigenvalue weighted by atomic mass is 10.1. The Balaban J connectivity index is 2.28. The molecule has 0 unspecified atom stereocenters. The first kappa shape index (κ1) is 14.3. The summed E-state index contributed by atoms with van der Waals surface area (Å²) >= 11 is 6.03. The Morgan fingerprint density at radius 3 is 2.65 bits per heavy atom. The number of anilines is 1. The molecule has 104 valence electrons. The standard InChI is InChI=1S/C15H15ClFN3/c1-20(9-10-6-7-11(17)8-13(10)16)14-5-3-2-4-12(14)15(18)19/h2-8H,9H2,1H3,(H3,18,19). The third-order valence-corrected chi connectivity index (χ3v) is 3.38. The van der Waals surface area contributed by atoms with Gasteiger partial charge in [0.05, 0.1) is 0 Å². The van der Waals surface area contributed by atoms with Crippen molar-refractivity contribution < 1.29 is 4.39 Å². The van der Waals surface area contributed by atoms with Gasteiger partial charge in [0.15, 0.2) is 0 Å². The largest absolute Gasteiger partial charge is 0.384 e. The van der Waals surface area contributed by atoms with Crippen molar-refractivity contribution >= 4 is 23.1 Å². The van der Waals surface area contributed by atoms with Gasteiger partial charge >= 0.3 is 0 Å². The minimum atomic E-state index is -0.356. The second-order valence-electron chi connectivity index (χ2n) is 4.52. The highest BCUT2D eigenvalue weighted by Crippen LogP contribution is 2.24. The summed E-state index contributed by atoms with van der Waals surface area (Å²) in [4.78, 5) is 1.93. The zero-order valence-corrected chi connectivity index (χ0v) is 11.8. The molecule has 0 atom stereocenters. The van der Waals surface area contributed by atoms with Crippen molar-refractivity contribution in [2.24, 2.45) is 5.73 Å². The molecule has 3 N–H and O–H groups in total. The fourth-order valence-electron chi connectivity index (χ4n) is 2.02. The second kappa shape index (κ2) is 5.92. The molecular formula is C15H15ClFN3. The van der Waals surface area contributed by atoms with E-state index in [1.807, 2.05) is 30.1 Å². The molecule has 0 amide bonds. The van der Waals surface area contributed by atoms with Crippen LogP contribution in [0.5, 0.6) is 0 Å². The normalized spacial score (nSPS) is 10.3. The van der Waals surface area contributed by atoms with E-state index in [1.54, 1.807) is 12.1 Å². The minimum Gasteiger partial charge on any atom is -0.384 e. The number of nitrogen functional groups attached to an aromatic ring is 1. The summed E-state index contributed by atoms with van der Waals surface area (Å²) in [7, 11) is 1.88. The number of hydrogen-bond donors (Lipinski definition) is 2. The maximum atomic E-state index is 13.0. The third kappa shape index (κ3) is 3.08. The predicted molar refractivity (Wildman–Crippen MR) is 81.0 cm³/mol. The molecule has 0 bridgehead atoms. The van der Waals surface area contributed by atoms with Gasteiger partial charge in [0.25, 0.3) is 0 Å². The summed E-state index contributed by atoms with van der Waals surface area (Å²) in [5.74, 6) is -0.344. The summed E-state index contributed by atoms with van der Waals surface area (Å²) in [5, 5.41) is 7.98. The lowest BCUT2D eigenvalue weighted by molar-refractivity contribution is 0.627. The lowest BCUT2D eigenvalue weighted by Crippen LogP contribution is -2.22. The van der Waals surface area contributed by atoms with Gasteiger partial charge in [-0.2, -0.15) is 0 Å². The van der Waals surface area contributed by atoms with Gasteiger partial charge in [-0.3, -0.25) is 5.41 Å². The lowest BCUT2D eigenvalue weighted by Gasteiger charge is -2.22. The summed E-state index contributed by atoms with van der Waals surface area (Å²) in [5.41, 5.74) is 7.88. The van der Waals surface area contributed by atoms with E-state index in [-0.39, 0.29) is 11.7 Å². The highest BCUT2D eigenvalue weighted by molar-refractivity contribution is 6.31. The molecule has 3 nitrogen and oxygen atoms in total. The van der Waals surface area contributed by atoms with E-state index in [2.05, 4.69) is 0 Å². The van der Waals surface area contributed by atoms with Gasteiger partial charge < -0.3 is 10.6 Å². The Morgan fingerprint density at radius 1 is 1.30 bits per heavy atom. The van der Waals surface area contributed by atoms with Crippen LogP contribution in [0.4, 0.5) is 10.1 Å². The van der Waals surface area contributed by atoms with Gasteiger partial charge in [-0.1, -0.05) is 29.8 Å². The monoisotopic (exact) mass is 291 g/mol. The highest BCUT2D eigenvalue weighted by atomic mass is 35.5. The Kier molecular flexibility index (Phi) is 4.25. The quantitative estimate of drug-likeness (QED) is 0.670. The number of hydrogen-bond acceptors (Lipinski definition) is 2. The fraction of sp³-hybridized carbons (Fsp3) is 0.133. The van der Waals surface area contributed by atoms with Crippen molar-refractivity contribution in [3.63, 3.8) is 0 Å². The number of halogens is 2. The van der Waals surface area contributed by atoms with Crippen LogP contribution in [0.1, 0.15) is 11.1 Å². The third-order valence-electron chi connectivity index (χ3n) is 3.03. The molecule has 5 heteroatoms. The first-order valence-electron chi connectivity index (χ1n) is 6.07. The van der Waals surface area contributed by atoms with Gasteiger partial charge in [0, 0.05) is 29.9 Å². The van der Waals surface area contributed by atoms with Crippen molar-refractivity contribution in [1.29, 1.82) is 5.41 Å². The number of benzene rings is 2. The van der Waals surface area contributed by atoms with Crippen LogP contribution in [0, 0.1) is 11.2 Å². The molecule has 0 aliphatic heterocycles. The number of para-hydroxylation sites is 1. The Hall–Kier alpha value is -2.07. The maximum Gasteiger partial charge on any atom is 0.124 e. The second-order valence-corrected chi connectivity index (χ2v) is 4.93. The van der Waals surface area contributed by atoms with E-state index in [1.165, 1.54) is 12.1 Å². The van der Waals surface area contributed by atoms with Crippen LogP contribution < -0.4 is 10.6 Å². The molecule has 0 saturated heterocycles. The first-order chi connectivity index (χ1) is 9.49. The molecule has 20 heavy (non-hydrogen) atoms. The average Bonchev–Trinajstić information content (AvgIpc) is 2.41. The molecule has 0 fully saturated rings. The molecule has 2 aromatic carbocycles. The van der Waals surface area contributed by atoms with Crippen LogP contribution in [0.3, 0.4) is 0 Å². The number of rotatable bonds is 4. The van der Waals surface area contributed by atoms with Gasteiger partial charge in [0.2, 0.25) is 0 Å². The van der Waals surface area contributed by atoms with Crippen LogP contribution in [0.15, 0.2) is 42.5 Å². The summed E-state index contributed by atoms with van der Waals surface area (Å²) in [6, 6.07) is 11.7. The number of amidine groups is 1. The topological polar surface area (TPSA) is 53.1 Å². The Bertz CT molecular complexity index is 643. The molecule has 0 saturated carbocycles. The fourth-order valence-corrected chi connectivity index (χ4v) is 2.25. The van der Waals surface area contributed by atoms with Gasteiger partial charge in [-0.25, -0.2) is 4.39 Å². The number of nitrogens with zero attached hydrogens (tertiary/aromatic N) is 1. The first-order valence-corrected chi connectivity index (χ1v) is 6.45. The van der Waals surface area contributed by atoms with Gasteiger partial charge in [-0.05, 0) is 29.8 Å². The number of nitrogens with one attached hydrogen (secondary N) is 1. The van der Waals surface area contributed by atoms with Crippen molar-refractivity contribution in [3.05, 3.63) is 64.4 Å². The molecular weight excluding hydrogens is 277 g/mol. The molecule has 2 rings (SSSR count). The summed E-state index contributed by atoms with van der Waals surface area (Å²) in [6.45, 7) is 0.503. The van der Waals surface area contributed by atoms with Gasteiger partial charge in [0.1, 0.15) is 11.7 Å². The van der Waals surface area contributed by atoms with E-state index in [4.69, 9.17) is 22.7 Å². The van der Waals surface area contributed by atoms with Crippen LogP contribution in [-0.4, -0.2) is 12.9 Å². The van der Waals surface area contributed by atoms with Crippen LogP contribution in [0.25, 0.3) is 0 Å². The minimum absolute atomic E-state index is 0.0117. The smallest absolute Gasteiger partial charge is 0.124 e. The zero-order valence-electron chi connectivity index (χ0n) is 11.0. The molecule has 0 aliphatic carbocycles. The Morgan fingerprint density at radius 2 is 2.00 bits per heavy atom. The van der Waals surface area contributed by atoms with Crippen molar-refractivity contribution in [1.82, 2.24) is 0 Å².